The van der Waals surface area contributed by atoms with Crippen LogP contribution < -0.4 is 5.32 Å². The summed E-state index contributed by atoms with van der Waals surface area (Å²) in [4.78, 5) is 27.0. The Morgan fingerprint density at radius 3 is 2.97 bits per heavy atom. The van der Waals surface area contributed by atoms with E-state index in [1.54, 1.807) is 22.2 Å². The lowest BCUT2D eigenvalue weighted by atomic mass is 10.0. The second kappa shape index (κ2) is 8.33. The molecule has 1 aromatic carbocycles. The summed E-state index contributed by atoms with van der Waals surface area (Å²) in [6.07, 6.45) is 7.62. The Morgan fingerprint density at radius 1 is 1.23 bits per heavy atom. The van der Waals surface area contributed by atoms with Crippen LogP contribution in [0, 0.1) is 0 Å². The van der Waals surface area contributed by atoms with E-state index >= 15 is 0 Å². The number of thioether (sulfide) groups is 1. The van der Waals surface area contributed by atoms with E-state index in [0.717, 1.165) is 29.6 Å². The zero-order chi connectivity index (χ0) is 20.5. The molecular weight excluding hydrogens is 440 g/mol. The van der Waals surface area contributed by atoms with E-state index in [-0.39, 0.29) is 11.7 Å². The second-order valence-electron chi connectivity index (χ2n) is 6.86. The van der Waals surface area contributed by atoms with Crippen molar-refractivity contribution >= 4 is 56.8 Å². The molecule has 0 saturated heterocycles. The number of nitrogens with one attached hydrogen (secondary N) is 1. The SMILES string of the molecule is O=C(CSc1ncnc2c1cnn2-c1ccccc1Cl)Nc1nc2c(s1)CCCC2. The van der Waals surface area contributed by atoms with Crippen molar-refractivity contribution < 1.29 is 4.79 Å². The van der Waals surface area contributed by atoms with Gasteiger partial charge in [0.1, 0.15) is 11.4 Å². The normalized spacial score (nSPS) is 13.4. The van der Waals surface area contributed by atoms with Gasteiger partial charge in [0.25, 0.3) is 0 Å². The Labute approximate surface area is 185 Å². The molecule has 3 heterocycles. The van der Waals surface area contributed by atoms with Crippen molar-refractivity contribution in [2.45, 2.75) is 30.7 Å². The topological polar surface area (TPSA) is 85.6 Å². The molecule has 1 N–H and O–H groups in total. The molecule has 0 unspecified atom stereocenters. The van der Waals surface area contributed by atoms with Crippen molar-refractivity contribution in [2.75, 3.05) is 11.1 Å². The summed E-state index contributed by atoms with van der Waals surface area (Å²) in [5.41, 5.74) is 2.53. The molecule has 1 aliphatic carbocycles. The maximum absolute atomic E-state index is 12.5. The van der Waals surface area contributed by atoms with Crippen LogP contribution in [0.25, 0.3) is 16.7 Å². The van der Waals surface area contributed by atoms with Gasteiger partial charge in [-0.05, 0) is 37.8 Å². The number of carbonyl (C=O) groups excluding carboxylic acids is 1. The molecule has 10 heteroatoms. The Balaban J connectivity index is 1.31. The molecule has 1 aliphatic rings. The fourth-order valence-electron chi connectivity index (χ4n) is 3.43. The van der Waals surface area contributed by atoms with Crippen LogP contribution in [0.1, 0.15) is 23.4 Å². The van der Waals surface area contributed by atoms with E-state index in [9.17, 15) is 4.79 Å². The fraction of sp³-hybridized carbons (Fsp3) is 0.250. The molecule has 7 nitrogen and oxygen atoms in total. The number of hydrogen-bond acceptors (Lipinski definition) is 7. The van der Waals surface area contributed by atoms with Crippen molar-refractivity contribution in [1.29, 1.82) is 0 Å². The monoisotopic (exact) mass is 456 g/mol. The maximum atomic E-state index is 12.5. The van der Waals surface area contributed by atoms with E-state index in [0.29, 0.717) is 20.8 Å². The van der Waals surface area contributed by atoms with Crippen LogP contribution in [-0.2, 0) is 17.6 Å². The molecule has 0 atom stereocenters. The Hall–Kier alpha value is -2.49. The van der Waals surface area contributed by atoms with Crippen LogP contribution in [0.3, 0.4) is 0 Å². The van der Waals surface area contributed by atoms with E-state index in [1.165, 1.54) is 35.8 Å². The highest BCUT2D eigenvalue weighted by Crippen LogP contribution is 2.31. The highest BCUT2D eigenvalue weighted by Gasteiger charge is 2.18. The summed E-state index contributed by atoms with van der Waals surface area (Å²) >= 11 is 9.24. The molecule has 0 fully saturated rings. The molecule has 152 valence electrons. The number of aryl methyl sites for hydroxylation is 2. The molecule has 0 bridgehead atoms. The molecule has 5 rings (SSSR count). The highest BCUT2D eigenvalue weighted by molar-refractivity contribution is 8.00. The van der Waals surface area contributed by atoms with E-state index in [1.807, 2.05) is 24.3 Å². The first-order chi connectivity index (χ1) is 14.7. The molecule has 0 saturated carbocycles. The molecule has 1 amide bonds. The van der Waals surface area contributed by atoms with Gasteiger partial charge >= 0.3 is 0 Å². The van der Waals surface area contributed by atoms with Crippen LogP contribution in [0.4, 0.5) is 5.13 Å². The Bertz CT molecular complexity index is 1210. The van der Waals surface area contributed by atoms with Crippen LogP contribution in [0.15, 0.2) is 41.8 Å². The lowest BCUT2D eigenvalue weighted by molar-refractivity contribution is -0.113. The Kier molecular flexibility index (Phi) is 5.41. The molecule has 4 aromatic rings. The summed E-state index contributed by atoms with van der Waals surface area (Å²) in [7, 11) is 0. The number of benzene rings is 1. The molecule has 3 aromatic heterocycles. The first-order valence-corrected chi connectivity index (χ1v) is 11.7. The van der Waals surface area contributed by atoms with E-state index < -0.39 is 0 Å². The van der Waals surface area contributed by atoms with Gasteiger partial charge in [0.05, 0.1) is 33.7 Å². The first kappa shape index (κ1) is 19.5. The highest BCUT2D eigenvalue weighted by atomic mass is 35.5. The third kappa shape index (κ3) is 3.80. The number of fused-ring (bicyclic) bond motifs is 2. The number of rotatable bonds is 5. The van der Waals surface area contributed by atoms with Crippen LogP contribution in [-0.4, -0.2) is 36.4 Å². The predicted molar refractivity (Wildman–Crippen MR) is 120 cm³/mol. The number of nitrogens with zero attached hydrogens (tertiary/aromatic N) is 5. The van der Waals surface area contributed by atoms with Crippen LogP contribution in [0.2, 0.25) is 5.02 Å². The van der Waals surface area contributed by atoms with Crippen LogP contribution in [0.5, 0.6) is 0 Å². The first-order valence-electron chi connectivity index (χ1n) is 9.54. The number of halogens is 1. The van der Waals surface area contributed by atoms with Crippen molar-refractivity contribution in [3.8, 4) is 5.69 Å². The molecule has 0 spiro atoms. The van der Waals surface area contributed by atoms with Gasteiger partial charge in [0.2, 0.25) is 5.91 Å². The molecule has 30 heavy (non-hydrogen) atoms. The number of para-hydroxylation sites is 1. The zero-order valence-corrected chi connectivity index (χ0v) is 18.2. The fourth-order valence-corrected chi connectivity index (χ4v) is 5.48. The summed E-state index contributed by atoms with van der Waals surface area (Å²) in [5.74, 6) is 0.129. The maximum Gasteiger partial charge on any atom is 0.236 e. The van der Waals surface area contributed by atoms with Crippen molar-refractivity contribution in [2.24, 2.45) is 0 Å². The van der Waals surface area contributed by atoms with E-state index in [2.05, 4.69) is 25.4 Å². The van der Waals surface area contributed by atoms with Crippen molar-refractivity contribution in [3.63, 3.8) is 0 Å². The largest absolute Gasteiger partial charge is 0.301 e. The number of thiazole rings is 1. The van der Waals surface area contributed by atoms with Gasteiger partial charge < -0.3 is 5.32 Å². The van der Waals surface area contributed by atoms with E-state index in [4.69, 9.17) is 11.6 Å². The summed E-state index contributed by atoms with van der Waals surface area (Å²) < 4.78 is 1.68. The van der Waals surface area contributed by atoms with Crippen molar-refractivity contribution in [1.82, 2.24) is 24.7 Å². The summed E-state index contributed by atoms with van der Waals surface area (Å²) in [5, 5.41) is 10.1. The van der Waals surface area contributed by atoms with Gasteiger partial charge in [-0.15, -0.1) is 11.3 Å². The van der Waals surface area contributed by atoms with Crippen LogP contribution >= 0.6 is 34.7 Å². The van der Waals surface area contributed by atoms with Gasteiger partial charge in [0.15, 0.2) is 10.8 Å². The van der Waals surface area contributed by atoms with Gasteiger partial charge in [-0.1, -0.05) is 35.5 Å². The molecule has 0 aliphatic heterocycles. The average molecular weight is 457 g/mol. The number of carbonyl (C=O) groups is 1. The van der Waals surface area contributed by atoms with Gasteiger partial charge in [-0.25, -0.2) is 19.6 Å². The molecular formula is C20H17ClN6OS2. The summed E-state index contributed by atoms with van der Waals surface area (Å²) in [6.45, 7) is 0. The number of amides is 1. The number of aromatic nitrogens is 5. The predicted octanol–water partition coefficient (Wildman–Crippen LogP) is 4.54. The third-order valence-corrected chi connectivity index (χ3v) is 7.24. The average Bonchev–Trinajstić information content (AvgIpc) is 3.36. The minimum absolute atomic E-state index is 0.101. The standard InChI is InChI=1S/C20H17ClN6OS2/c21-13-5-1-3-7-15(13)27-18-12(9-24-27)19(23-11-22-18)29-10-17(28)26-20-25-14-6-2-4-8-16(14)30-20/h1,3,5,7,9,11H,2,4,6,8,10H2,(H,25,26,28). The number of hydrogen-bond donors (Lipinski definition) is 1. The minimum atomic E-state index is -0.101. The molecule has 0 radical (unpaired) electrons. The Morgan fingerprint density at radius 2 is 2.10 bits per heavy atom. The van der Waals surface area contributed by atoms with Crippen molar-refractivity contribution in [3.05, 3.63) is 52.4 Å². The lowest BCUT2D eigenvalue weighted by Gasteiger charge is -2.06. The lowest BCUT2D eigenvalue weighted by Crippen LogP contribution is -2.14. The number of anilines is 1. The second-order valence-corrected chi connectivity index (χ2v) is 9.31. The smallest absolute Gasteiger partial charge is 0.236 e. The third-order valence-electron chi connectivity index (χ3n) is 4.84. The quantitative estimate of drug-likeness (QED) is 0.350. The van der Waals surface area contributed by atoms with Gasteiger partial charge in [-0.3, -0.25) is 4.79 Å². The minimum Gasteiger partial charge on any atom is -0.301 e. The van der Waals surface area contributed by atoms with Gasteiger partial charge in [0, 0.05) is 4.88 Å². The zero-order valence-electron chi connectivity index (χ0n) is 15.8. The summed E-state index contributed by atoms with van der Waals surface area (Å²) in [6, 6.07) is 7.45. The van der Waals surface area contributed by atoms with Gasteiger partial charge in [-0.2, -0.15) is 5.10 Å².